The molecule has 2 bridgehead atoms. The maximum Gasteiger partial charge on any atom is 0.335 e. The highest BCUT2D eigenvalue weighted by atomic mass is 16.5. The summed E-state index contributed by atoms with van der Waals surface area (Å²) >= 11 is 0. The van der Waals surface area contributed by atoms with Gasteiger partial charge in [0.15, 0.2) is 0 Å². The molecule has 3 rings (SSSR count). The molecule has 4 unspecified atom stereocenters. The van der Waals surface area contributed by atoms with Crippen molar-refractivity contribution in [3.05, 3.63) is 29.8 Å². The summed E-state index contributed by atoms with van der Waals surface area (Å²) in [5.41, 5.74) is 0.300. The van der Waals surface area contributed by atoms with Gasteiger partial charge in [0.25, 0.3) is 0 Å². The number of aromatic carboxylic acids is 1. The predicted octanol–water partition coefficient (Wildman–Crippen LogP) is 2.49. The van der Waals surface area contributed by atoms with E-state index in [-0.39, 0.29) is 6.10 Å². The van der Waals surface area contributed by atoms with Gasteiger partial charge in [0.05, 0.1) is 5.56 Å². The standard InChI is InChI=1S/C16H21NO3/c1-17(2)14-11-3-4-12(9-11)15(14)20-13-7-5-10(6-8-13)16(18)19/h5-8,11-12,14-15H,3-4,9H2,1-2H3,(H,18,19). The first kappa shape index (κ1) is 13.4. The second-order valence-electron chi connectivity index (χ2n) is 6.20. The zero-order valence-corrected chi connectivity index (χ0v) is 12.0. The number of rotatable bonds is 4. The molecule has 4 nitrogen and oxygen atoms in total. The van der Waals surface area contributed by atoms with Crippen LogP contribution in [0.1, 0.15) is 29.6 Å². The van der Waals surface area contributed by atoms with Crippen molar-refractivity contribution in [3.63, 3.8) is 0 Å². The van der Waals surface area contributed by atoms with E-state index in [1.165, 1.54) is 19.3 Å². The van der Waals surface area contributed by atoms with Crippen molar-refractivity contribution in [2.75, 3.05) is 14.1 Å². The van der Waals surface area contributed by atoms with Gasteiger partial charge in [-0.2, -0.15) is 0 Å². The average Bonchev–Trinajstić information content (AvgIpc) is 3.00. The van der Waals surface area contributed by atoms with Gasteiger partial charge < -0.3 is 14.7 Å². The molecule has 1 aromatic carbocycles. The molecule has 2 aliphatic carbocycles. The summed E-state index contributed by atoms with van der Waals surface area (Å²) in [6, 6.07) is 7.22. The number of benzene rings is 1. The van der Waals surface area contributed by atoms with E-state index in [9.17, 15) is 4.79 Å². The third-order valence-corrected chi connectivity index (χ3v) is 4.77. The zero-order valence-electron chi connectivity index (χ0n) is 12.0. The maximum atomic E-state index is 10.9. The topological polar surface area (TPSA) is 49.8 Å². The van der Waals surface area contributed by atoms with Crippen LogP contribution in [-0.2, 0) is 0 Å². The molecule has 4 atom stereocenters. The number of nitrogens with zero attached hydrogens (tertiary/aromatic N) is 1. The predicted molar refractivity (Wildman–Crippen MR) is 76.1 cm³/mol. The minimum Gasteiger partial charge on any atom is -0.489 e. The summed E-state index contributed by atoms with van der Waals surface area (Å²) in [5.74, 6) is 1.27. The fourth-order valence-corrected chi connectivity index (χ4v) is 3.92. The number of ether oxygens (including phenoxy) is 1. The second-order valence-corrected chi connectivity index (χ2v) is 6.20. The minimum atomic E-state index is -0.900. The lowest BCUT2D eigenvalue weighted by molar-refractivity contribution is 0.0537. The molecule has 0 radical (unpaired) electrons. The van der Waals surface area contributed by atoms with E-state index in [1.807, 2.05) is 0 Å². The molecule has 0 amide bonds. The number of hydrogen-bond acceptors (Lipinski definition) is 3. The number of carbonyl (C=O) groups is 1. The van der Waals surface area contributed by atoms with Crippen molar-refractivity contribution >= 4 is 5.97 Å². The highest BCUT2D eigenvalue weighted by Gasteiger charge is 2.49. The van der Waals surface area contributed by atoms with Crippen LogP contribution in [0.4, 0.5) is 0 Å². The first-order valence-electron chi connectivity index (χ1n) is 7.22. The van der Waals surface area contributed by atoms with E-state index < -0.39 is 5.97 Å². The summed E-state index contributed by atoms with van der Waals surface area (Å²) in [4.78, 5) is 13.1. The molecule has 0 saturated heterocycles. The first-order chi connectivity index (χ1) is 9.56. The van der Waals surface area contributed by atoms with E-state index in [2.05, 4.69) is 19.0 Å². The van der Waals surface area contributed by atoms with Crippen molar-refractivity contribution in [2.24, 2.45) is 11.8 Å². The monoisotopic (exact) mass is 275 g/mol. The molecule has 2 aliphatic rings. The van der Waals surface area contributed by atoms with Crippen LogP contribution in [0.25, 0.3) is 0 Å². The van der Waals surface area contributed by atoms with E-state index in [4.69, 9.17) is 9.84 Å². The van der Waals surface area contributed by atoms with Crippen molar-refractivity contribution in [3.8, 4) is 5.75 Å². The fourth-order valence-electron chi connectivity index (χ4n) is 3.92. The Morgan fingerprint density at radius 1 is 1.20 bits per heavy atom. The van der Waals surface area contributed by atoms with Crippen molar-refractivity contribution in [1.29, 1.82) is 0 Å². The third-order valence-electron chi connectivity index (χ3n) is 4.77. The van der Waals surface area contributed by atoms with Gasteiger partial charge in [-0.25, -0.2) is 4.79 Å². The minimum absolute atomic E-state index is 0.236. The lowest BCUT2D eigenvalue weighted by Gasteiger charge is -2.35. The molecule has 4 heteroatoms. The van der Waals surface area contributed by atoms with E-state index in [1.54, 1.807) is 24.3 Å². The number of fused-ring (bicyclic) bond motifs is 2. The fraction of sp³-hybridized carbons (Fsp3) is 0.562. The average molecular weight is 275 g/mol. The van der Waals surface area contributed by atoms with Crippen LogP contribution in [0.15, 0.2) is 24.3 Å². The Labute approximate surface area is 119 Å². The summed E-state index contributed by atoms with van der Waals surface area (Å²) in [6.07, 6.45) is 4.07. The summed E-state index contributed by atoms with van der Waals surface area (Å²) in [6.45, 7) is 0. The molecule has 0 aromatic heterocycles. The molecule has 108 valence electrons. The van der Waals surface area contributed by atoms with Crippen LogP contribution in [0.3, 0.4) is 0 Å². The Kier molecular flexibility index (Phi) is 3.42. The van der Waals surface area contributed by atoms with Crippen molar-refractivity contribution < 1.29 is 14.6 Å². The van der Waals surface area contributed by atoms with Crippen LogP contribution in [0.5, 0.6) is 5.75 Å². The van der Waals surface area contributed by atoms with Gasteiger partial charge in [-0.05, 0) is 69.5 Å². The Bertz CT molecular complexity index is 497. The summed E-state index contributed by atoms with van der Waals surface area (Å²) in [7, 11) is 4.24. The van der Waals surface area contributed by atoms with E-state index in [0.29, 0.717) is 17.5 Å². The molecule has 20 heavy (non-hydrogen) atoms. The van der Waals surface area contributed by atoms with Gasteiger partial charge in [-0.15, -0.1) is 0 Å². The SMILES string of the molecule is CN(C)C1C2CCC(C2)C1Oc1ccc(C(=O)O)cc1. The van der Waals surface area contributed by atoms with E-state index >= 15 is 0 Å². The number of carboxylic acids is 1. The highest BCUT2D eigenvalue weighted by Crippen LogP contribution is 2.47. The lowest BCUT2D eigenvalue weighted by atomic mass is 9.91. The smallest absolute Gasteiger partial charge is 0.335 e. The van der Waals surface area contributed by atoms with Gasteiger partial charge >= 0.3 is 5.97 Å². The van der Waals surface area contributed by atoms with Crippen molar-refractivity contribution in [1.82, 2.24) is 4.90 Å². The van der Waals surface area contributed by atoms with Gasteiger partial charge in [0.1, 0.15) is 11.9 Å². The molecular weight excluding hydrogens is 254 g/mol. The zero-order chi connectivity index (χ0) is 14.3. The third kappa shape index (κ3) is 2.29. The highest BCUT2D eigenvalue weighted by molar-refractivity contribution is 5.87. The Morgan fingerprint density at radius 3 is 2.45 bits per heavy atom. The Balaban J connectivity index is 1.75. The molecule has 1 N–H and O–H groups in total. The first-order valence-corrected chi connectivity index (χ1v) is 7.22. The molecule has 0 aliphatic heterocycles. The van der Waals surface area contributed by atoms with Gasteiger partial charge in [0, 0.05) is 6.04 Å². The van der Waals surface area contributed by atoms with Crippen LogP contribution in [-0.4, -0.2) is 42.2 Å². The lowest BCUT2D eigenvalue weighted by Crippen LogP contribution is -2.46. The molecule has 0 heterocycles. The number of carboxylic acid groups (broad SMARTS) is 1. The molecule has 2 saturated carbocycles. The molecule has 1 aromatic rings. The van der Waals surface area contributed by atoms with Gasteiger partial charge in [0.2, 0.25) is 0 Å². The van der Waals surface area contributed by atoms with Crippen LogP contribution in [0, 0.1) is 11.8 Å². The van der Waals surface area contributed by atoms with Gasteiger partial charge in [-0.1, -0.05) is 0 Å². The normalized spacial score (nSPS) is 31.8. The van der Waals surface area contributed by atoms with Crippen LogP contribution in [0.2, 0.25) is 0 Å². The summed E-state index contributed by atoms with van der Waals surface area (Å²) in [5, 5.41) is 8.91. The Morgan fingerprint density at radius 2 is 1.85 bits per heavy atom. The maximum absolute atomic E-state index is 10.9. The number of likely N-dealkylation sites (N-methyl/N-ethyl adjacent to an activating group) is 1. The molecule has 2 fully saturated rings. The Hall–Kier alpha value is -1.55. The number of hydrogen-bond donors (Lipinski definition) is 1. The van der Waals surface area contributed by atoms with Crippen LogP contribution < -0.4 is 4.74 Å². The molecule has 0 spiro atoms. The van der Waals surface area contributed by atoms with Crippen LogP contribution >= 0.6 is 0 Å². The summed E-state index contributed by atoms with van der Waals surface area (Å²) < 4.78 is 6.18. The molecular formula is C16H21NO3. The second kappa shape index (κ2) is 5.09. The van der Waals surface area contributed by atoms with Crippen molar-refractivity contribution in [2.45, 2.75) is 31.4 Å². The largest absolute Gasteiger partial charge is 0.489 e. The quantitative estimate of drug-likeness (QED) is 0.917. The van der Waals surface area contributed by atoms with E-state index in [0.717, 1.165) is 11.7 Å². The van der Waals surface area contributed by atoms with Gasteiger partial charge in [-0.3, -0.25) is 0 Å².